The highest BCUT2D eigenvalue weighted by molar-refractivity contribution is 5.83. The maximum atomic E-state index is 13.7. The molecule has 0 heterocycles. The highest BCUT2D eigenvalue weighted by Gasteiger charge is 2.38. The van der Waals surface area contributed by atoms with Crippen LogP contribution in [-0.2, 0) is 42.9 Å². The number of halogens is 1. The molecule has 396 valence electrons. The molecule has 0 fully saturated rings. The largest absolute Gasteiger partial charge is 1.00 e. The first-order chi connectivity index (χ1) is 31.9. The first-order valence-electron chi connectivity index (χ1n) is 27.8. The van der Waals surface area contributed by atoms with Crippen LogP contribution in [0.3, 0.4) is 0 Å². The van der Waals surface area contributed by atoms with E-state index < -0.39 is 11.4 Å². The van der Waals surface area contributed by atoms with Gasteiger partial charge in [-0.3, -0.25) is 24.0 Å². The van der Waals surface area contributed by atoms with E-state index >= 15 is 0 Å². The van der Waals surface area contributed by atoms with Crippen molar-refractivity contribution in [2.24, 2.45) is 5.41 Å². The number of rotatable bonds is 50. The van der Waals surface area contributed by atoms with Crippen molar-refractivity contribution in [2.45, 2.75) is 271 Å². The highest BCUT2D eigenvalue weighted by atomic mass is 35.5. The summed E-state index contributed by atoms with van der Waals surface area (Å²) in [5.41, 5.74) is -1.28. The van der Waals surface area contributed by atoms with Crippen molar-refractivity contribution < 1.29 is 59.8 Å². The van der Waals surface area contributed by atoms with Crippen molar-refractivity contribution in [1.82, 2.24) is 0 Å². The lowest BCUT2D eigenvalue weighted by Crippen LogP contribution is -3.00. The van der Waals surface area contributed by atoms with Gasteiger partial charge in [0.05, 0.1) is 33.0 Å². The summed E-state index contributed by atoms with van der Waals surface area (Å²) in [6.45, 7) is 6.90. The lowest BCUT2D eigenvalue weighted by Gasteiger charge is -2.32. The maximum Gasteiger partial charge on any atom is 0.306 e. The van der Waals surface area contributed by atoms with E-state index in [4.69, 9.17) is 18.9 Å². The van der Waals surface area contributed by atoms with Gasteiger partial charge in [-0.25, -0.2) is 0 Å². The molecule has 0 spiro atoms. The van der Waals surface area contributed by atoms with Crippen molar-refractivity contribution >= 4 is 29.7 Å². The molecule has 0 aliphatic rings. The zero-order valence-electron chi connectivity index (χ0n) is 44.6. The Morgan fingerprint density at radius 3 is 0.866 bits per heavy atom. The summed E-state index contributed by atoms with van der Waals surface area (Å²) < 4.78 is 23.6. The van der Waals surface area contributed by atoms with Crippen molar-refractivity contribution in [2.75, 3.05) is 54.1 Å². The molecule has 0 aliphatic heterocycles. The number of carbonyl (C=O) groups is 5. The van der Waals surface area contributed by atoms with E-state index in [2.05, 4.69) is 20.8 Å². The third-order valence-electron chi connectivity index (χ3n) is 12.8. The second kappa shape index (κ2) is 47.5. The second-order valence-electron chi connectivity index (χ2n) is 20.8. The Morgan fingerprint density at radius 1 is 0.343 bits per heavy atom. The zero-order chi connectivity index (χ0) is 48.8. The summed E-state index contributed by atoms with van der Waals surface area (Å²) >= 11 is 0. The van der Waals surface area contributed by atoms with Gasteiger partial charge in [0.2, 0.25) is 0 Å². The standard InChI is InChI=1S/C56H106NO9.ClH/c1-7-10-13-16-19-22-25-28-31-34-37-40-52(59)64-48-56(47-51(58)43-44-55(62)63-46-45-57(4,5)6,49-65-53(60)41-38-35-32-29-26-23-20-17-14-11-8-2)50-66-54(61)42-39-36-33-30-27-24-21-18-15-12-9-3;/h7-50H2,1-6H3;1H/q+1;/p-1. The molecule has 0 aliphatic carbocycles. The van der Waals surface area contributed by atoms with E-state index in [1.54, 1.807) is 0 Å². The molecular formula is C56H106ClNO9. The van der Waals surface area contributed by atoms with E-state index in [0.717, 1.165) is 57.8 Å². The Hall–Kier alpha value is -2.20. The maximum absolute atomic E-state index is 13.7. The van der Waals surface area contributed by atoms with Gasteiger partial charge in [-0.05, 0) is 19.3 Å². The summed E-state index contributed by atoms with van der Waals surface area (Å²) in [7, 11) is 6.03. The van der Waals surface area contributed by atoms with Gasteiger partial charge in [0.15, 0.2) is 0 Å². The highest BCUT2D eigenvalue weighted by Crippen LogP contribution is 2.28. The van der Waals surface area contributed by atoms with Gasteiger partial charge in [-0.1, -0.05) is 213 Å². The van der Waals surface area contributed by atoms with Gasteiger partial charge in [0.25, 0.3) is 0 Å². The molecule has 0 radical (unpaired) electrons. The average Bonchev–Trinajstić information content (AvgIpc) is 3.28. The number of unbranched alkanes of at least 4 members (excludes halogenated alkanes) is 30. The summed E-state index contributed by atoms with van der Waals surface area (Å²) in [6, 6.07) is 0. The van der Waals surface area contributed by atoms with Crippen molar-refractivity contribution in [3.8, 4) is 0 Å². The number of likely N-dealkylation sites (N-methyl/N-ethyl adjacent to an activating group) is 1. The number of quaternary nitrogens is 1. The van der Waals surface area contributed by atoms with E-state index in [1.165, 1.54) is 135 Å². The van der Waals surface area contributed by atoms with E-state index in [9.17, 15) is 24.0 Å². The molecule has 0 aromatic carbocycles. The van der Waals surface area contributed by atoms with Crippen molar-refractivity contribution in [3.05, 3.63) is 0 Å². The minimum Gasteiger partial charge on any atom is -1.00 e. The average molecular weight is 973 g/mol. The van der Waals surface area contributed by atoms with Crippen LogP contribution in [0.25, 0.3) is 0 Å². The van der Waals surface area contributed by atoms with E-state index in [0.29, 0.717) is 30.3 Å². The minimum atomic E-state index is -1.28. The van der Waals surface area contributed by atoms with Gasteiger partial charge < -0.3 is 35.8 Å². The molecule has 0 N–H and O–H groups in total. The van der Waals surface area contributed by atoms with Gasteiger partial charge in [0, 0.05) is 32.1 Å². The van der Waals surface area contributed by atoms with Crippen molar-refractivity contribution in [1.29, 1.82) is 0 Å². The molecule has 0 aromatic rings. The molecule has 11 heteroatoms. The van der Waals surface area contributed by atoms with Crippen LogP contribution in [0.5, 0.6) is 0 Å². The molecule has 0 unspecified atom stereocenters. The Balaban J connectivity index is 0. The molecule has 0 saturated carbocycles. The number of carbonyl (C=O) groups excluding carboxylic acids is 5. The molecule has 0 amide bonds. The van der Waals surface area contributed by atoms with Crippen molar-refractivity contribution in [3.63, 3.8) is 0 Å². The van der Waals surface area contributed by atoms with Crippen LogP contribution in [0, 0.1) is 5.41 Å². The Morgan fingerprint density at radius 2 is 0.597 bits per heavy atom. The fourth-order valence-corrected chi connectivity index (χ4v) is 8.25. The molecule has 10 nitrogen and oxygen atoms in total. The van der Waals surface area contributed by atoms with Gasteiger partial charge >= 0.3 is 23.9 Å². The normalized spacial score (nSPS) is 11.6. The fourth-order valence-electron chi connectivity index (χ4n) is 8.25. The molecule has 0 aromatic heterocycles. The van der Waals surface area contributed by atoms with Crippen LogP contribution in [0.15, 0.2) is 0 Å². The van der Waals surface area contributed by atoms with Crippen LogP contribution in [0.4, 0.5) is 0 Å². The number of hydrogen-bond acceptors (Lipinski definition) is 9. The Bertz CT molecular complexity index is 1090. The fraction of sp³-hybridized carbons (Fsp3) is 0.911. The molecule has 0 rings (SSSR count). The third kappa shape index (κ3) is 47.3. The Kier molecular flexibility index (Phi) is 47.4. The number of ketones is 1. The molecule has 0 atom stereocenters. The molecule has 67 heavy (non-hydrogen) atoms. The minimum absolute atomic E-state index is 0. The zero-order valence-corrected chi connectivity index (χ0v) is 45.4. The number of esters is 4. The number of nitrogens with zero attached hydrogens (tertiary/aromatic N) is 1. The number of hydrogen-bond donors (Lipinski definition) is 0. The van der Waals surface area contributed by atoms with Crippen LogP contribution >= 0.6 is 0 Å². The van der Waals surface area contributed by atoms with Gasteiger partial charge in [-0.15, -0.1) is 0 Å². The summed E-state index contributed by atoms with van der Waals surface area (Å²) in [5.74, 6) is -1.89. The lowest BCUT2D eigenvalue weighted by atomic mass is 9.84. The van der Waals surface area contributed by atoms with Crippen LogP contribution in [-0.4, -0.2) is 88.3 Å². The van der Waals surface area contributed by atoms with Crippen LogP contribution in [0.2, 0.25) is 0 Å². The molecule has 0 saturated heterocycles. The predicted octanol–water partition coefficient (Wildman–Crippen LogP) is 11.7. The summed E-state index contributed by atoms with van der Waals surface area (Å²) in [5, 5.41) is 0. The smallest absolute Gasteiger partial charge is 0.306 e. The number of Topliss-reactive ketones (excluding diaryl/α,β-unsaturated/α-hetero) is 1. The first-order valence-corrected chi connectivity index (χ1v) is 27.8. The third-order valence-corrected chi connectivity index (χ3v) is 12.8. The second-order valence-corrected chi connectivity index (χ2v) is 20.8. The topological polar surface area (TPSA) is 122 Å². The SMILES string of the molecule is CCCCCCCCCCCCCC(=O)OCC(COC(=O)CCCCCCCCCCCCC)(COC(=O)CCCCCCCCCCCCC)CC(=O)CCC(=O)OCC[N+](C)(C)C.[Cl-]. The molecule has 0 bridgehead atoms. The van der Waals surface area contributed by atoms with Gasteiger partial charge in [-0.2, -0.15) is 0 Å². The van der Waals surface area contributed by atoms with Crippen LogP contribution in [0.1, 0.15) is 271 Å². The van der Waals surface area contributed by atoms with E-state index in [-0.39, 0.29) is 101 Å². The Labute approximate surface area is 418 Å². The van der Waals surface area contributed by atoms with Crippen LogP contribution < -0.4 is 12.4 Å². The summed E-state index contributed by atoms with van der Waals surface area (Å²) in [4.78, 5) is 65.8. The lowest BCUT2D eigenvalue weighted by molar-refractivity contribution is -0.870. The monoisotopic (exact) mass is 972 g/mol. The van der Waals surface area contributed by atoms with E-state index in [1.807, 2.05) is 21.1 Å². The first kappa shape index (κ1) is 66.9. The number of ether oxygens (including phenoxy) is 4. The summed E-state index contributed by atoms with van der Waals surface area (Å²) in [6.07, 6.45) is 39.0. The van der Waals surface area contributed by atoms with Gasteiger partial charge in [0.1, 0.15) is 38.8 Å². The molecular weight excluding hydrogens is 866 g/mol. The quantitative estimate of drug-likeness (QED) is 0.0254. The predicted molar refractivity (Wildman–Crippen MR) is 271 cm³/mol.